The standard InChI is InChI=1S/C14H17NO4.C10H9NO3.C7H14O3.C4H8O.S2/c1-8(2)12(16)9(3)13(17)15-10-6-4-5-7-11(10)19-14(15)18;1-2-9(12)11-7-5-3-4-6-8(7)14-10(11)13;1-4(2)6(8)5(3)7(9)10;1-4(2)3-5;1-2/h4-9,12,16H,1-3H3;3-6H,2H2,1H3;4-6,8H,1-3H3,(H,9,10);3-4H,1-2H3;. The summed E-state index contributed by atoms with van der Waals surface area (Å²) < 4.78 is 12.0. The van der Waals surface area contributed by atoms with Crippen molar-refractivity contribution in [2.45, 2.75) is 80.9 Å². The first-order valence-electron chi connectivity index (χ1n) is 15.9. The van der Waals surface area contributed by atoms with E-state index >= 15 is 0 Å². The number of benzene rings is 2. The number of fused-ring (bicyclic) bond motifs is 2. The molecule has 0 spiro atoms. The lowest BCUT2D eigenvalue weighted by atomic mass is 9.94. The third-order valence-electron chi connectivity index (χ3n) is 7.19. The van der Waals surface area contributed by atoms with Gasteiger partial charge in [0, 0.05) is 34.7 Å². The number of nitrogens with zero attached hydrogens (tertiary/aromatic N) is 2. The fraction of sp³-hybridized carbons (Fsp3) is 0.486. The number of aliphatic hydroxyl groups excluding tert-OH is 2. The molecule has 4 atom stereocenters. The largest absolute Gasteiger partial charge is 0.481 e. The lowest BCUT2D eigenvalue weighted by Gasteiger charge is -2.20. The lowest BCUT2D eigenvalue weighted by Crippen LogP contribution is -2.36. The van der Waals surface area contributed by atoms with Crippen LogP contribution in [0.4, 0.5) is 0 Å². The summed E-state index contributed by atoms with van der Waals surface area (Å²) in [4.78, 5) is 66.6. The van der Waals surface area contributed by atoms with Crippen LogP contribution in [-0.2, 0) is 32.0 Å². The molecule has 4 unspecified atom stereocenters. The van der Waals surface area contributed by atoms with Crippen LogP contribution in [0.3, 0.4) is 0 Å². The highest BCUT2D eigenvalue weighted by atomic mass is 32.8. The van der Waals surface area contributed by atoms with Crippen molar-refractivity contribution in [2.75, 3.05) is 0 Å². The quantitative estimate of drug-likeness (QED) is 0.202. The number of aldehydes is 1. The number of carboxylic acids is 1. The summed E-state index contributed by atoms with van der Waals surface area (Å²) in [7, 11) is 0. The van der Waals surface area contributed by atoms with Gasteiger partial charge in [0.05, 0.1) is 35.1 Å². The molecule has 13 nitrogen and oxygen atoms in total. The van der Waals surface area contributed by atoms with Gasteiger partial charge in [-0.15, -0.1) is 0 Å². The van der Waals surface area contributed by atoms with Crippen molar-refractivity contribution in [3.63, 3.8) is 0 Å². The molecule has 276 valence electrons. The number of carbonyl (C=O) groups excluding carboxylic acids is 3. The third kappa shape index (κ3) is 13.3. The molecular weight excluding hydrogens is 689 g/mol. The highest BCUT2D eigenvalue weighted by Crippen LogP contribution is 2.18. The van der Waals surface area contributed by atoms with E-state index in [0.717, 1.165) is 15.4 Å². The second-order valence-electron chi connectivity index (χ2n) is 12.2. The van der Waals surface area contributed by atoms with Crippen molar-refractivity contribution in [3.8, 4) is 0 Å². The van der Waals surface area contributed by atoms with Crippen LogP contribution in [0.1, 0.15) is 78.3 Å². The number of hydrogen-bond acceptors (Lipinski definition) is 12. The molecule has 2 aromatic carbocycles. The number of hydrogen-bond donors (Lipinski definition) is 3. The van der Waals surface area contributed by atoms with E-state index in [9.17, 15) is 39.0 Å². The Morgan fingerprint density at radius 1 is 0.720 bits per heavy atom. The predicted molar refractivity (Wildman–Crippen MR) is 196 cm³/mol. The average molecular weight is 737 g/mol. The van der Waals surface area contributed by atoms with Crippen molar-refractivity contribution < 1.29 is 43.3 Å². The van der Waals surface area contributed by atoms with Crippen LogP contribution < -0.4 is 11.5 Å². The molecule has 0 radical (unpaired) electrons. The molecule has 0 fully saturated rings. The van der Waals surface area contributed by atoms with E-state index in [1.54, 1.807) is 76.2 Å². The van der Waals surface area contributed by atoms with Gasteiger partial charge >= 0.3 is 17.5 Å². The van der Waals surface area contributed by atoms with Crippen LogP contribution in [0, 0.1) is 29.6 Å². The smallest absolute Gasteiger partial charge is 0.426 e. The summed E-state index contributed by atoms with van der Waals surface area (Å²) >= 11 is 7.33. The molecular formula is C35H48N2O11S2. The Labute approximate surface area is 300 Å². The highest BCUT2D eigenvalue weighted by Gasteiger charge is 2.28. The number of rotatable bonds is 8. The molecule has 0 aliphatic carbocycles. The van der Waals surface area contributed by atoms with Crippen LogP contribution in [0.15, 0.2) is 67.0 Å². The Hall–Kier alpha value is -4.18. The number of aliphatic carboxylic acids is 1. The highest BCUT2D eigenvalue weighted by molar-refractivity contribution is 8.07. The molecule has 4 aromatic rings. The van der Waals surface area contributed by atoms with Gasteiger partial charge in [-0.1, -0.05) is 79.7 Å². The van der Waals surface area contributed by atoms with Gasteiger partial charge in [-0.05, 0) is 43.0 Å². The van der Waals surface area contributed by atoms with E-state index in [-0.39, 0.29) is 30.1 Å². The van der Waals surface area contributed by atoms with Crippen molar-refractivity contribution >= 4 is 68.6 Å². The van der Waals surface area contributed by atoms with Crippen molar-refractivity contribution in [2.24, 2.45) is 29.6 Å². The molecule has 0 bridgehead atoms. The third-order valence-corrected chi connectivity index (χ3v) is 7.19. The first-order chi connectivity index (χ1) is 23.4. The normalized spacial score (nSPS) is 12.9. The molecule has 0 saturated heterocycles. The molecule has 2 aromatic heterocycles. The van der Waals surface area contributed by atoms with Gasteiger partial charge in [-0.25, -0.2) is 18.7 Å². The lowest BCUT2D eigenvalue weighted by molar-refractivity contribution is -0.145. The van der Waals surface area contributed by atoms with Gasteiger partial charge in [0.25, 0.3) is 0 Å². The van der Waals surface area contributed by atoms with Gasteiger partial charge in [-0.2, -0.15) is 0 Å². The molecule has 0 saturated carbocycles. The fourth-order valence-electron chi connectivity index (χ4n) is 4.19. The topological polar surface area (TPSA) is 199 Å². The first-order valence-corrected chi connectivity index (χ1v) is 17.2. The van der Waals surface area contributed by atoms with Gasteiger partial charge in [0.1, 0.15) is 6.29 Å². The summed E-state index contributed by atoms with van der Waals surface area (Å²) in [5.74, 6) is -4.16. The number of aliphatic hydroxyl groups is 2. The van der Waals surface area contributed by atoms with Gasteiger partial charge < -0.3 is 28.9 Å². The minimum absolute atomic E-state index is 0.00565. The second kappa shape index (κ2) is 22.5. The predicted octanol–water partition coefficient (Wildman–Crippen LogP) is 5.09. The monoisotopic (exact) mass is 736 g/mol. The van der Waals surface area contributed by atoms with Gasteiger partial charge in [-0.3, -0.25) is 14.4 Å². The fourth-order valence-corrected chi connectivity index (χ4v) is 4.19. The van der Waals surface area contributed by atoms with E-state index in [2.05, 4.69) is 22.4 Å². The number of para-hydroxylation sites is 4. The maximum Gasteiger partial charge on any atom is 0.426 e. The number of carboxylic acid groups (broad SMARTS) is 1. The summed E-state index contributed by atoms with van der Waals surface area (Å²) in [6, 6.07) is 13.6. The van der Waals surface area contributed by atoms with E-state index in [1.807, 2.05) is 27.7 Å². The maximum atomic E-state index is 12.3. The van der Waals surface area contributed by atoms with Gasteiger partial charge in [0.2, 0.25) is 11.8 Å². The molecule has 15 heteroatoms. The van der Waals surface area contributed by atoms with E-state index in [4.69, 9.17) is 13.9 Å². The SMILES string of the molecule is CC(C)C(O)C(C)C(=O)O.CC(C)C(O)C(C)C(=O)n1c(=O)oc2ccccc21.CC(C)C=O.CCC(=O)n1c(=O)oc2ccccc21.S=S. The first kappa shape index (κ1) is 45.8. The van der Waals surface area contributed by atoms with Gasteiger partial charge in [0.15, 0.2) is 11.2 Å². The number of carbonyl (C=O) groups is 4. The minimum atomic E-state index is -0.943. The Morgan fingerprint density at radius 2 is 1.08 bits per heavy atom. The van der Waals surface area contributed by atoms with Crippen LogP contribution in [0.25, 0.3) is 22.2 Å². The van der Waals surface area contributed by atoms with E-state index in [0.29, 0.717) is 22.2 Å². The summed E-state index contributed by atoms with van der Waals surface area (Å²) in [6.45, 7) is 15.8. The molecule has 0 aliphatic rings. The zero-order chi connectivity index (χ0) is 38.9. The van der Waals surface area contributed by atoms with Crippen molar-refractivity contribution in [3.05, 3.63) is 69.6 Å². The second-order valence-corrected chi connectivity index (χ2v) is 12.2. The van der Waals surface area contributed by atoms with Crippen LogP contribution in [-0.4, -0.2) is 60.7 Å². The minimum Gasteiger partial charge on any atom is -0.481 e. The summed E-state index contributed by atoms with van der Waals surface area (Å²) in [5, 5.41) is 27.6. The molecule has 2 heterocycles. The molecule has 0 aliphatic heterocycles. The zero-order valence-corrected chi connectivity index (χ0v) is 31.4. The molecule has 0 amide bonds. The molecule has 3 N–H and O–H groups in total. The summed E-state index contributed by atoms with van der Waals surface area (Å²) in [6.07, 6.45) is -0.339. The zero-order valence-electron chi connectivity index (χ0n) is 29.8. The Balaban J connectivity index is 0.000000684. The van der Waals surface area contributed by atoms with E-state index < -0.39 is 47.4 Å². The van der Waals surface area contributed by atoms with Crippen molar-refractivity contribution in [1.82, 2.24) is 9.13 Å². The molecule has 50 heavy (non-hydrogen) atoms. The maximum absolute atomic E-state index is 12.3. The van der Waals surface area contributed by atoms with Crippen LogP contribution in [0.5, 0.6) is 0 Å². The number of aromatic nitrogens is 2. The van der Waals surface area contributed by atoms with E-state index in [1.165, 1.54) is 6.92 Å². The van der Waals surface area contributed by atoms with Crippen LogP contribution in [0.2, 0.25) is 0 Å². The Bertz CT molecular complexity index is 1790. The molecule has 4 rings (SSSR count). The summed E-state index contributed by atoms with van der Waals surface area (Å²) in [5.41, 5.74) is 1.77. The number of oxazole rings is 2. The Kier molecular flexibility index (Phi) is 20.6. The van der Waals surface area contributed by atoms with Crippen molar-refractivity contribution in [1.29, 1.82) is 0 Å². The van der Waals surface area contributed by atoms with Crippen LogP contribution >= 0.6 is 0 Å². The average Bonchev–Trinajstić information content (AvgIpc) is 3.62. The Morgan fingerprint density at radius 3 is 1.42 bits per heavy atom.